The Balaban J connectivity index is 2.58. The number of rotatable bonds is 2. The molecule has 1 aromatic carbocycles. The van der Waals surface area contributed by atoms with Gasteiger partial charge in [-0.05, 0) is 34.1 Å². The summed E-state index contributed by atoms with van der Waals surface area (Å²) in [7, 11) is 1.61. The second kappa shape index (κ2) is 4.76. The zero-order valence-electron chi connectivity index (χ0n) is 9.70. The Morgan fingerprint density at radius 1 is 1.37 bits per heavy atom. The molecule has 0 atom stereocenters. The fourth-order valence-electron chi connectivity index (χ4n) is 1.66. The second-order valence-electron chi connectivity index (χ2n) is 3.77. The lowest BCUT2D eigenvalue weighted by Crippen LogP contribution is -2.18. The van der Waals surface area contributed by atoms with E-state index in [0.717, 1.165) is 0 Å². The predicted molar refractivity (Wildman–Crippen MR) is 67.4 cm³/mol. The lowest BCUT2D eigenvalue weighted by atomic mass is 10.1. The molecule has 0 amide bonds. The van der Waals surface area contributed by atoms with Gasteiger partial charge in [0.15, 0.2) is 0 Å². The van der Waals surface area contributed by atoms with Gasteiger partial charge in [0.25, 0.3) is 0 Å². The number of nitrogens with zero attached hydrogens (tertiary/aromatic N) is 2. The standard InChI is InChI=1S/C11H9BrF3N3O/c1-18-10(8(12)5-17-18)7-4-6(16)2-3-9(7)19-11(13,14)15/h2-5H,16H2,1H3. The van der Waals surface area contributed by atoms with Crippen molar-refractivity contribution < 1.29 is 17.9 Å². The van der Waals surface area contributed by atoms with Crippen LogP contribution in [0.3, 0.4) is 0 Å². The summed E-state index contributed by atoms with van der Waals surface area (Å²) < 4.78 is 43.1. The van der Waals surface area contributed by atoms with Crippen molar-refractivity contribution >= 4 is 21.6 Å². The minimum Gasteiger partial charge on any atom is -0.405 e. The van der Waals surface area contributed by atoms with E-state index in [1.807, 2.05) is 0 Å². The molecule has 2 rings (SSSR count). The van der Waals surface area contributed by atoms with Gasteiger partial charge >= 0.3 is 6.36 Å². The number of aryl methyl sites for hydroxylation is 1. The fraction of sp³-hybridized carbons (Fsp3) is 0.182. The zero-order valence-corrected chi connectivity index (χ0v) is 11.3. The first-order chi connectivity index (χ1) is 8.78. The van der Waals surface area contributed by atoms with E-state index < -0.39 is 6.36 Å². The minimum atomic E-state index is -4.77. The fourth-order valence-corrected chi connectivity index (χ4v) is 2.22. The molecule has 102 valence electrons. The van der Waals surface area contributed by atoms with Crippen LogP contribution in [0.4, 0.5) is 18.9 Å². The highest BCUT2D eigenvalue weighted by molar-refractivity contribution is 9.10. The van der Waals surface area contributed by atoms with Crippen LogP contribution in [0.1, 0.15) is 0 Å². The first-order valence-electron chi connectivity index (χ1n) is 5.11. The van der Waals surface area contributed by atoms with E-state index in [9.17, 15) is 13.2 Å². The molecule has 0 saturated heterocycles. The number of aromatic nitrogens is 2. The third-order valence-corrected chi connectivity index (χ3v) is 2.96. The van der Waals surface area contributed by atoms with Gasteiger partial charge in [0, 0.05) is 18.3 Å². The molecule has 0 radical (unpaired) electrons. The smallest absolute Gasteiger partial charge is 0.405 e. The number of benzene rings is 1. The third-order valence-electron chi connectivity index (χ3n) is 2.38. The highest BCUT2D eigenvalue weighted by atomic mass is 79.9. The number of hydrogen-bond acceptors (Lipinski definition) is 3. The van der Waals surface area contributed by atoms with E-state index in [1.54, 1.807) is 7.05 Å². The van der Waals surface area contributed by atoms with Gasteiger partial charge in [0.1, 0.15) is 5.75 Å². The Morgan fingerprint density at radius 3 is 2.58 bits per heavy atom. The number of nitrogen functional groups attached to an aromatic ring is 1. The van der Waals surface area contributed by atoms with Gasteiger partial charge in [0.2, 0.25) is 0 Å². The molecule has 1 heterocycles. The highest BCUT2D eigenvalue weighted by Gasteiger charge is 2.32. The molecule has 0 aliphatic heterocycles. The molecule has 0 bridgehead atoms. The van der Waals surface area contributed by atoms with Crippen LogP contribution in [-0.2, 0) is 7.05 Å². The van der Waals surface area contributed by atoms with Crippen LogP contribution in [0.5, 0.6) is 5.75 Å². The van der Waals surface area contributed by atoms with Crippen LogP contribution in [-0.4, -0.2) is 16.1 Å². The number of anilines is 1. The largest absolute Gasteiger partial charge is 0.573 e. The molecular formula is C11H9BrF3N3O. The molecule has 8 heteroatoms. The lowest BCUT2D eigenvalue weighted by molar-refractivity contribution is -0.274. The summed E-state index contributed by atoms with van der Waals surface area (Å²) in [5, 5.41) is 3.95. The Morgan fingerprint density at radius 2 is 2.05 bits per heavy atom. The first-order valence-corrected chi connectivity index (χ1v) is 5.90. The Bertz CT molecular complexity index is 590. The molecule has 2 N–H and O–H groups in total. The number of nitrogens with two attached hydrogens (primary N) is 1. The van der Waals surface area contributed by atoms with Crippen LogP contribution in [0.2, 0.25) is 0 Å². The average Bonchev–Trinajstić information content (AvgIpc) is 2.60. The van der Waals surface area contributed by atoms with Gasteiger partial charge in [-0.25, -0.2) is 0 Å². The van der Waals surface area contributed by atoms with Gasteiger partial charge in [-0.2, -0.15) is 5.10 Å². The number of ether oxygens (including phenoxy) is 1. The van der Waals surface area contributed by atoms with Crippen LogP contribution in [0.25, 0.3) is 11.3 Å². The summed E-state index contributed by atoms with van der Waals surface area (Å²) in [6.45, 7) is 0. The molecule has 0 aliphatic rings. The van der Waals surface area contributed by atoms with Crippen molar-refractivity contribution in [2.75, 3.05) is 5.73 Å². The van der Waals surface area contributed by atoms with Gasteiger partial charge in [0.05, 0.1) is 16.4 Å². The molecule has 0 spiro atoms. The summed E-state index contributed by atoms with van der Waals surface area (Å²) in [6, 6.07) is 3.93. The molecular weight excluding hydrogens is 327 g/mol. The second-order valence-corrected chi connectivity index (χ2v) is 4.62. The van der Waals surface area contributed by atoms with E-state index in [1.165, 1.54) is 29.1 Å². The van der Waals surface area contributed by atoms with E-state index in [2.05, 4.69) is 25.8 Å². The van der Waals surface area contributed by atoms with E-state index in [0.29, 0.717) is 15.9 Å². The van der Waals surface area contributed by atoms with E-state index in [4.69, 9.17) is 5.73 Å². The molecule has 2 aromatic rings. The van der Waals surface area contributed by atoms with Crippen molar-refractivity contribution in [3.8, 4) is 17.0 Å². The Kier molecular flexibility index (Phi) is 3.44. The SMILES string of the molecule is Cn1ncc(Br)c1-c1cc(N)ccc1OC(F)(F)F. The molecule has 19 heavy (non-hydrogen) atoms. The maximum absolute atomic E-state index is 12.4. The third kappa shape index (κ3) is 3.01. The number of hydrogen-bond donors (Lipinski definition) is 1. The van der Waals surface area contributed by atoms with Crippen molar-refractivity contribution in [3.63, 3.8) is 0 Å². The van der Waals surface area contributed by atoms with Crippen molar-refractivity contribution in [1.29, 1.82) is 0 Å². The molecule has 0 aliphatic carbocycles. The topological polar surface area (TPSA) is 53.1 Å². The van der Waals surface area contributed by atoms with Crippen LogP contribution in [0.15, 0.2) is 28.9 Å². The average molecular weight is 336 g/mol. The maximum Gasteiger partial charge on any atom is 0.573 e. The Hall–Kier alpha value is -1.70. The molecule has 0 fully saturated rings. The van der Waals surface area contributed by atoms with Crippen LogP contribution in [0, 0.1) is 0 Å². The summed E-state index contributed by atoms with van der Waals surface area (Å²) in [6.07, 6.45) is -3.29. The monoisotopic (exact) mass is 335 g/mol. The molecule has 1 aromatic heterocycles. The lowest BCUT2D eigenvalue weighted by Gasteiger charge is -2.14. The van der Waals surface area contributed by atoms with Crippen LogP contribution < -0.4 is 10.5 Å². The normalized spacial score (nSPS) is 11.6. The minimum absolute atomic E-state index is 0.212. The van der Waals surface area contributed by atoms with Gasteiger partial charge in [-0.3, -0.25) is 4.68 Å². The molecule has 4 nitrogen and oxygen atoms in total. The van der Waals surface area contributed by atoms with E-state index >= 15 is 0 Å². The first kappa shape index (κ1) is 13.7. The van der Waals surface area contributed by atoms with Crippen molar-refractivity contribution in [3.05, 3.63) is 28.9 Å². The summed E-state index contributed by atoms with van der Waals surface area (Å²) >= 11 is 3.23. The summed E-state index contributed by atoms with van der Waals surface area (Å²) in [5.41, 5.74) is 6.61. The van der Waals surface area contributed by atoms with Crippen molar-refractivity contribution in [2.24, 2.45) is 7.05 Å². The number of alkyl halides is 3. The van der Waals surface area contributed by atoms with Crippen molar-refractivity contribution in [2.45, 2.75) is 6.36 Å². The van der Waals surface area contributed by atoms with Gasteiger partial charge in [-0.1, -0.05) is 0 Å². The summed E-state index contributed by atoms with van der Waals surface area (Å²) in [4.78, 5) is 0. The maximum atomic E-state index is 12.4. The quantitative estimate of drug-likeness (QED) is 0.856. The molecule has 0 unspecified atom stereocenters. The van der Waals surface area contributed by atoms with E-state index in [-0.39, 0.29) is 11.3 Å². The Labute approximate surface area is 115 Å². The highest BCUT2D eigenvalue weighted by Crippen LogP contribution is 2.38. The van der Waals surface area contributed by atoms with Crippen LogP contribution >= 0.6 is 15.9 Å². The van der Waals surface area contributed by atoms with Crippen molar-refractivity contribution in [1.82, 2.24) is 9.78 Å². The van der Waals surface area contributed by atoms with Gasteiger partial charge < -0.3 is 10.5 Å². The predicted octanol–water partition coefficient (Wildman–Crippen LogP) is 3.33. The zero-order chi connectivity index (χ0) is 14.2. The molecule has 0 saturated carbocycles. The number of halogens is 4. The summed E-state index contributed by atoms with van der Waals surface area (Å²) in [5.74, 6) is -0.328. The van der Waals surface area contributed by atoms with Gasteiger partial charge in [-0.15, -0.1) is 13.2 Å².